The molecule has 2 atom stereocenters. The van der Waals surface area contributed by atoms with Gasteiger partial charge in [0.2, 0.25) is 6.10 Å². The van der Waals surface area contributed by atoms with Gasteiger partial charge in [0.1, 0.15) is 16.4 Å². The first kappa shape index (κ1) is 22.7. The molecule has 3 N–H and O–H groups in total. The second-order valence-electron chi connectivity index (χ2n) is 7.62. The molecule has 2 unspecified atom stereocenters. The van der Waals surface area contributed by atoms with Gasteiger partial charge in [-0.05, 0) is 24.3 Å². The van der Waals surface area contributed by atoms with Crippen molar-refractivity contribution in [2.24, 2.45) is 5.73 Å². The highest BCUT2D eigenvalue weighted by Gasteiger charge is 2.45. The molecule has 31 heavy (non-hydrogen) atoms. The van der Waals surface area contributed by atoms with E-state index in [2.05, 4.69) is 4.98 Å². The average molecular weight is 462 g/mol. The topological polar surface area (TPSA) is 120 Å². The fourth-order valence-electron chi connectivity index (χ4n) is 3.71. The van der Waals surface area contributed by atoms with Gasteiger partial charge in [-0.1, -0.05) is 12.1 Å². The number of nitrogens with two attached hydrogens (primary N) is 1. The lowest BCUT2D eigenvalue weighted by Gasteiger charge is -2.39. The van der Waals surface area contributed by atoms with Crippen LogP contribution in [0, 0.1) is 0 Å². The van der Waals surface area contributed by atoms with Crippen LogP contribution in [-0.4, -0.2) is 47.9 Å². The van der Waals surface area contributed by atoms with E-state index in [1.54, 1.807) is 32.3 Å². The van der Waals surface area contributed by atoms with Crippen LogP contribution in [0.1, 0.15) is 27.9 Å². The van der Waals surface area contributed by atoms with Gasteiger partial charge in [0.05, 0.1) is 36.3 Å². The maximum absolute atomic E-state index is 12.5. The molecule has 8 nitrogen and oxygen atoms in total. The van der Waals surface area contributed by atoms with Crippen molar-refractivity contribution < 1.29 is 36.6 Å². The molecule has 1 aliphatic heterocycles. The van der Waals surface area contributed by atoms with Crippen LogP contribution in [0.2, 0.25) is 0 Å². The van der Waals surface area contributed by atoms with Crippen LogP contribution in [0.25, 0.3) is 10.2 Å². The van der Waals surface area contributed by atoms with Crippen LogP contribution in [-0.2, 0) is 9.59 Å². The Kier molecular flexibility index (Phi) is 6.04. The zero-order valence-electron chi connectivity index (χ0n) is 16.7. The summed E-state index contributed by atoms with van der Waals surface area (Å²) in [5, 5.41) is 9.98. The van der Waals surface area contributed by atoms with E-state index in [-0.39, 0.29) is 29.1 Å². The Labute approximate surface area is 188 Å². The molecule has 0 saturated carbocycles. The smallest absolute Gasteiger partial charge is 0.363 e. The van der Waals surface area contributed by atoms with Gasteiger partial charge in [0.25, 0.3) is 5.91 Å². The molecule has 4 rings (SSSR count). The number of hydrogen-bond donors (Lipinski definition) is 2. The van der Waals surface area contributed by atoms with Crippen molar-refractivity contribution >= 4 is 44.9 Å². The molecule has 1 amide bonds. The van der Waals surface area contributed by atoms with Gasteiger partial charge in [0, 0.05) is 6.07 Å². The van der Waals surface area contributed by atoms with Gasteiger partial charge in [-0.2, -0.15) is 0 Å². The molecule has 2 heterocycles. The number of rotatable bonds is 5. The van der Waals surface area contributed by atoms with Crippen LogP contribution in [0.5, 0.6) is 5.75 Å². The number of hydrogen-bond acceptors (Lipinski definition) is 6. The molecule has 162 valence electrons. The Bertz CT molecular complexity index is 1160. The lowest BCUT2D eigenvalue weighted by Crippen LogP contribution is -3.00. The minimum atomic E-state index is -1.11. The van der Waals surface area contributed by atoms with Gasteiger partial charge in [-0.3, -0.25) is 14.1 Å². The minimum Gasteiger partial charge on any atom is -1.00 e. The van der Waals surface area contributed by atoms with E-state index in [9.17, 15) is 19.5 Å². The quantitative estimate of drug-likeness (QED) is 0.495. The molecule has 0 fully saturated rings. The maximum Gasteiger partial charge on any atom is 0.363 e. The van der Waals surface area contributed by atoms with Gasteiger partial charge in [-0.25, -0.2) is 9.78 Å². The summed E-state index contributed by atoms with van der Waals surface area (Å²) in [4.78, 5) is 40.7. The van der Waals surface area contributed by atoms with Crippen LogP contribution in [0.4, 0.5) is 5.69 Å². The van der Waals surface area contributed by atoms with E-state index >= 15 is 0 Å². The zero-order chi connectivity index (χ0) is 21.6. The molecule has 10 heteroatoms. The number of likely N-dealkylation sites (N-methyl/N-ethyl adjacent to an activating group) is 1. The zero-order valence-corrected chi connectivity index (χ0v) is 18.3. The van der Waals surface area contributed by atoms with Crippen LogP contribution >= 0.6 is 11.3 Å². The number of Topliss-reactive ketones (excluding diaryl/α,β-unsaturated/α-hetero) is 1. The molecule has 0 bridgehead atoms. The number of quaternary nitrogens is 1. The van der Waals surface area contributed by atoms with E-state index in [4.69, 9.17) is 10.5 Å². The third kappa shape index (κ3) is 3.99. The van der Waals surface area contributed by atoms with Crippen molar-refractivity contribution in [3.63, 3.8) is 0 Å². The number of carboxylic acid groups (broad SMARTS) is 1. The number of benzene rings is 2. The highest BCUT2D eigenvalue weighted by molar-refractivity contribution is 7.18. The Hall–Kier alpha value is -3.01. The molecule has 0 saturated heterocycles. The van der Waals surface area contributed by atoms with Gasteiger partial charge in [0.15, 0.2) is 11.8 Å². The van der Waals surface area contributed by atoms with Crippen molar-refractivity contribution in [3.8, 4) is 5.75 Å². The second-order valence-corrected chi connectivity index (χ2v) is 8.68. The number of aromatic nitrogens is 1. The van der Waals surface area contributed by atoms with Crippen molar-refractivity contribution in [3.05, 3.63) is 53.0 Å². The average Bonchev–Trinajstić information content (AvgIpc) is 3.12. The fraction of sp³-hybridized carbons (Fsp3) is 0.238. The Morgan fingerprint density at radius 1 is 1.26 bits per heavy atom. The van der Waals surface area contributed by atoms with Crippen LogP contribution in [0.3, 0.4) is 0 Å². The number of para-hydroxylation sites is 1. The fourth-order valence-corrected chi connectivity index (χ4v) is 4.72. The first-order chi connectivity index (χ1) is 14.2. The maximum atomic E-state index is 12.5. The number of primary amides is 1. The molecule has 1 aliphatic rings. The summed E-state index contributed by atoms with van der Waals surface area (Å²) in [6, 6.07) is 11.3. The van der Waals surface area contributed by atoms with Crippen LogP contribution < -0.4 is 27.4 Å². The number of aliphatic carboxylic acids is 1. The highest BCUT2D eigenvalue weighted by Crippen LogP contribution is 2.38. The van der Waals surface area contributed by atoms with Crippen molar-refractivity contribution in [2.75, 3.05) is 14.1 Å². The summed E-state index contributed by atoms with van der Waals surface area (Å²) in [5.41, 5.74) is 7.28. The number of thiazole rings is 1. The van der Waals surface area contributed by atoms with Crippen molar-refractivity contribution in [1.29, 1.82) is 0 Å². The van der Waals surface area contributed by atoms with E-state index in [1.807, 2.05) is 24.3 Å². The Morgan fingerprint density at radius 3 is 2.61 bits per heavy atom. The number of fused-ring (bicyclic) bond motifs is 2. The summed E-state index contributed by atoms with van der Waals surface area (Å²) >= 11 is 1.31. The summed E-state index contributed by atoms with van der Waals surface area (Å²) in [6.45, 7) is 0. The van der Waals surface area contributed by atoms with E-state index < -0.39 is 24.0 Å². The van der Waals surface area contributed by atoms with Crippen molar-refractivity contribution in [2.45, 2.75) is 18.6 Å². The molecule has 1 aromatic heterocycles. The molecule has 0 spiro atoms. The highest BCUT2D eigenvalue weighted by atomic mass is 35.5. The number of ether oxygens (including phenoxy) is 1. The third-order valence-electron chi connectivity index (χ3n) is 5.38. The lowest BCUT2D eigenvalue weighted by atomic mass is 9.92. The molecular weight excluding hydrogens is 442 g/mol. The summed E-state index contributed by atoms with van der Waals surface area (Å²) in [7, 11) is 3.46. The molecule has 2 aromatic carbocycles. The van der Waals surface area contributed by atoms with E-state index in [0.717, 1.165) is 10.2 Å². The predicted molar refractivity (Wildman–Crippen MR) is 113 cm³/mol. The Balaban J connectivity index is 0.00000272. The number of halogens is 1. The number of nitrogens with zero attached hydrogens (tertiary/aromatic N) is 2. The van der Waals surface area contributed by atoms with Crippen molar-refractivity contribution in [1.82, 2.24) is 9.47 Å². The number of carbonyl (C=O) groups is 3. The second kappa shape index (κ2) is 8.26. The third-order valence-corrected chi connectivity index (χ3v) is 6.46. The van der Waals surface area contributed by atoms with Gasteiger partial charge < -0.3 is 28.0 Å². The first-order valence-corrected chi connectivity index (χ1v) is 10.1. The number of carboxylic acids is 1. The lowest BCUT2D eigenvalue weighted by molar-refractivity contribution is -0.142. The van der Waals surface area contributed by atoms with Gasteiger partial charge in [-0.15, -0.1) is 11.3 Å². The standard InChI is InChI=1S/C21H19N3O5S.ClH/c1-24(2)14-9-11(7-8-12(14)16(25)10-15(24)21(27)28)29-18(19(22)26)20-23-13-5-3-4-6-17(13)30-20;/h3-9,15,18H,10H2,1-2H3,(H2-,22,26,27,28);1H. The molecule has 0 aliphatic carbocycles. The Morgan fingerprint density at radius 2 is 1.97 bits per heavy atom. The molecular formula is C21H20ClN3O5S. The minimum absolute atomic E-state index is 0. The first-order valence-electron chi connectivity index (χ1n) is 9.24. The predicted octanol–water partition coefficient (Wildman–Crippen LogP) is -0.488. The monoisotopic (exact) mass is 461 g/mol. The van der Waals surface area contributed by atoms with Gasteiger partial charge >= 0.3 is 5.97 Å². The molecule has 3 aromatic rings. The summed E-state index contributed by atoms with van der Waals surface area (Å²) in [5.74, 6) is -1.67. The van der Waals surface area contributed by atoms with E-state index in [1.165, 1.54) is 11.3 Å². The van der Waals surface area contributed by atoms with Crippen LogP contribution in [0.15, 0.2) is 42.5 Å². The van der Waals surface area contributed by atoms with E-state index in [0.29, 0.717) is 22.0 Å². The normalized spacial score (nSPS) is 18.0. The number of carbonyl (C=O) groups excluding carboxylic acids is 2. The number of ketones is 1. The molecule has 0 radical (unpaired) electrons. The largest absolute Gasteiger partial charge is 1.00 e. The SMILES string of the molecule is C[N+]1(C)c2cc(OC(C(N)=O)c3nc4ccccc4s3)ccc2C(=O)CC1C(=O)O.[Cl-]. The summed E-state index contributed by atoms with van der Waals surface area (Å²) < 4.78 is 6.77. The summed E-state index contributed by atoms with van der Waals surface area (Å²) in [6.07, 6.45) is -1.18. The number of amides is 1.